The Balaban J connectivity index is 2.19. The molecule has 1 aliphatic carbocycles. The van der Waals surface area contributed by atoms with Crippen molar-refractivity contribution in [2.24, 2.45) is 17.6 Å². The summed E-state index contributed by atoms with van der Waals surface area (Å²) < 4.78 is 0. The normalized spacial score (nSPS) is 25.4. The Kier molecular flexibility index (Phi) is 4.11. The van der Waals surface area contributed by atoms with Crippen LogP contribution in [0, 0.1) is 32.6 Å². The largest absolute Gasteiger partial charge is 0.324 e. The van der Waals surface area contributed by atoms with Crippen molar-refractivity contribution in [3.05, 3.63) is 34.4 Å². The van der Waals surface area contributed by atoms with E-state index < -0.39 is 0 Å². The van der Waals surface area contributed by atoms with Crippen molar-refractivity contribution in [3.8, 4) is 0 Å². The van der Waals surface area contributed by atoms with Gasteiger partial charge in [-0.3, -0.25) is 0 Å². The molecule has 1 aromatic carbocycles. The number of rotatable bonds is 3. The summed E-state index contributed by atoms with van der Waals surface area (Å²) in [5.41, 5.74) is 12.0. The Hall–Kier alpha value is -0.820. The smallest absolute Gasteiger partial charge is 0.0326 e. The maximum atomic E-state index is 6.54. The molecule has 0 bridgehead atoms. The summed E-state index contributed by atoms with van der Waals surface area (Å²) in [6.45, 7) is 8.88. The van der Waals surface area contributed by atoms with Crippen LogP contribution in [0.25, 0.3) is 0 Å². The van der Waals surface area contributed by atoms with Crippen LogP contribution in [0.2, 0.25) is 0 Å². The molecule has 100 valence electrons. The average molecular weight is 245 g/mol. The zero-order valence-electron chi connectivity index (χ0n) is 12.3. The molecule has 0 aliphatic heterocycles. The maximum absolute atomic E-state index is 6.54. The highest BCUT2D eigenvalue weighted by atomic mass is 14.7. The van der Waals surface area contributed by atoms with Gasteiger partial charge in [-0.15, -0.1) is 0 Å². The number of benzene rings is 1. The van der Waals surface area contributed by atoms with Crippen LogP contribution >= 0.6 is 0 Å². The lowest BCUT2D eigenvalue weighted by molar-refractivity contribution is 0.415. The van der Waals surface area contributed by atoms with Gasteiger partial charge in [0.15, 0.2) is 0 Å². The molecule has 1 heteroatoms. The van der Waals surface area contributed by atoms with Crippen molar-refractivity contribution in [2.45, 2.75) is 59.4 Å². The van der Waals surface area contributed by atoms with Crippen LogP contribution in [0.1, 0.15) is 60.9 Å². The summed E-state index contributed by atoms with van der Waals surface area (Å²) in [6, 6.07) is 4.84. The van der Waals surface area contributed by atoms with E-state index in [1.807, 2.05) is 0 Å². The van der Waals surface area contributed by atoms with Crippen molar-refractivity contribution in [1.29, 1.82) is 0 Å². The highest BCUT2D eigenvalue weighted by molar-refractivity contribution is 5.38. The SMILES string of the molecule is CCC1CCC(C(N)c2cc(C)c(C)cc2C)C1. The molecule has 0 spiro atoms. The molecule has 1 nitrogen and oxygen atoms in total. The molecule has 1 aromatic rings. The van der Waals surface area contributed by atoms with Crippen molar-refractivity contribution in [3.63, 3.8) is 0 Å². The number of nitrogens with two attached hydrogens (primary N) is 1. The van der Waals surface area contributed by atoms with Gasteiger partial charge in [0.25, 0.3) is 0 Å². The van der Waals surface area contributed by atoms with E-state index >= 15 is 0 Å². The van der Waals surface area contributed by atoms with Crippen LogP contribution in [-0.2, 0) is 0 Å². The summed E-state index contributed by atoms with van der Waals surface area (Å²) >= 11 is 0. The summed E-state index contributed by atoms with van der Waals surface area (Å²) in [7, 11) is 0. The van der Waals surface area contributed by atoms with E-state index in [0.717, 1.165) is 5.92 Å². The second-order valence-electron chi connectivity index (χ2n) is 6.17. The Morgan fingerprint density at radius 2 is 1.78 bits per heavy atom. The molecule has 0 radical (unpaired) electrons. The second-order valence-corrected chi connectivity index (χ2v) is 6.17. The van der Waals surface area contributed by atoms with E-state index in [0.29, 0.717) is 5.92 Å². The van der Waals surface area contributed by atoms with Crippen LogP contribution in [0.15, 0.2) is 12.1 Å². The number of hydrogen-bond acceptors (Lipinski definition) is 1. The molecule has 0 heterocycles. The highest BCUT2D eigenvalue weighted by Crippen LogP contribution is 2.40. The predicted octanol–water partition coefficient (Wildman–Crippen LogP) is 4.44. The average Bonchev–Trinajstić information content (AvgIpc) is 2.81. The fourth-order valence-electron chi connectivity index (χ4n) is 3.41. The lowest BCUT2D eigenvalue weighted by atomic mass is 9.87. The van der Waals surface area contributed by atoms with Gasteiger partial charge in [-0.1, -0.05) is 31.9 Å². The first-order chi connectivity index (χ1) is 8.52. The molecule has 3 unspecified atom stereocenters. The quantitative estimate of drug-likeness (QED) is 0.837. The van der Waals surface area contributed by atoms with Gasteiger partial charge >= 0.3 is 0 Å². The lowest BCUT2D eigenvalue weighted by Gasteiger charge is -2.23. The van der Waals surface area contributed by atoms with Crippen LogP contribution < -0.4 is 5.73 Å². The molecule has 0 saturated heterocycles. The van der Waals surface area contributed by atoms with E-state index in [1.54, 1.807) is 0 Å². The Labute approximate surface area is 112 Å². The van der Waals surface area contributed by atoms with E-state index in [4.69, 9.17) is 5.73 Å². The van der Waals surface area contributed by atoms with Crippen LogP contribution in [0.5, 0.6) is 0 Å². The van der Waals surface area contributed by atoms with Crippen molar-refractivity contribution in [1.82, 2.24) is 0 Å². The third-order valence-corrected chi connectivity index (χ3v) is 4.91. The van der Waals surface area contributed by atoms with Crippen LogP contribution in [0.3, 0.4) is 0 Å². The maximum Gasteiger partial charge on any atom is 0.0326 e. The van der Waals surface area contributed by atoms with Gasteiger partial charge in [0.05, 0.1) is 0 Å². The molecular formula is C17H27N. The zero-order valence-corrected chi connectivity index (χ0v) is 12.3. The lowest BCUT2D eigenvalue weighted by Crippen LogP contribution is -2.20. The molecular weight excluding hydrogens is 218 g/mol. The summed E-state index contributed by atoms with van der Waals surface area (Å²) in [5, 5.41) is 0. The number of hydrogen-bond donors (Lipinski definition) is 1. The Bertz CT molecular complexity index is 422. The van der Waals surface area contributed by atoms with E-state index in [9.17, 15) is 0 Å². The van der Waals surface area contributed by atoms with Gasteiger partial charge in [-0.25, -0.2) is 0 Å². The Morgan fingerprint density at radius 3 is 2.39 bits per heavy atom. The molecule has 0 amide bonds. The Morgan fingerprint density at radius 1 is 1.11 bits per heavy atom. The van der Waals surface area contributed by atoms with Crippen LogP contribution in [-0.4, -0.2) is 0 Å². The third-order valence-electron chi connectivity index (χ3n) is 4.91. The topological polar surface area (TPSA) is 26.0 Å². The van der Waals surface area contributed by atoms with E-state index in [2.05, 4.69) is 39.8 Å². The summed E-state index contributed by atoms with van der Waals surface area (Å²) in [5.74, 6) is 1.60. The summed E-state index contributed by atoms with van der Waals surface area (Å²) in [4.78, 5) is 0. The fraction of sp³-hybridized carbons (Fsp3) is 0.647. The van der Waals surface area contributed by atoms with Crippen molar-refractivity contribution in [2.75, 3.05) is 0 Å². The van der Waals surface area contributed by atoms with E-state index in [-0.39, 0.29) is 6.04 Å². The van der Waals surface area contributed by atoms with E-state index in [1.165, 1.54) is 47.9 Å². The molecule has 3 atom stereocenters. The van der Waals surface area contributed by atoms with Gasteiger partial charge in [0.2, 0.25) is 0 Å². The molecule has 2 N–H and O–H groups in total. The molecule has 0 aromatic heterocycles. The standard InChI is InChI=1S/C17H27N/c1-5-14-6-7-15(10-14)17(18)16-9-12(3)11(2)8-13(16)4/h8-9,14-15,17H,5-7,10,18H2,1-4H3. The number of aryl methyl sites for hydroxylation is 3. The first-order valence-corrected chi connectivity index (χ1v) is 7.36. The summed E-state index contributed by atoms with van der Waals surface area (Å²) in [6.07, 6.45) is 5.32. The van der Waals surface area contributed by atoms with Gasteiger partial charge in [-0.2, -0.15) is 0 Å². The van der Waals surface area contributed by atoms with Gasteiger partial charge in [0, 0.05) is 6.04 Å². The monoisotopic (exact) mass is 245 g/mol. The van der Waals surface area contributed by atoms with Gasteiger partial charge in [0.1, 0.15) is 0 Å². The fourth-order valence-corrected chi connectivity index (χ4v) is 3.41. The molecule has 1 saturated carbocycles. The molecule has 2 rings (SSSR count). The van der Waals surface area contributed by atoms with Crippen molar-refractivity contribution >= 4 is 0 Å². The van der Waals surface area contributed by atoms with Crippen molar-refractivity contribution < 1.29 is 0 Å². The predicted molar refractivity (Wildman–Crippen MR) is 78.7 cm³/mol. The first-order valence-electron chi connectivity index (χ1n) is 7.36. The highest BCUT2D eigenvalue weighted by Gasteiger charge is 2.29. The van der Waals surface area contributed by atoms with Gasteiger partial charge in [-0.05, 0) is 67.7 Å². The molecule has 1 fully saturated rings. The first kappa shape index (κ1) is 13.6. The minimum atomic E-state index is 0.237. The molecule has 1 aliphatic rings. The molecule has 18 heavy (non-hydrogen) atoms. The van der Waals surface area contributed by atoms with Gasteiger partial charge < -0.3 is 5.73 Å². The third kappa shape index (κ3) is 2.61. The zero-order chi connectivity index (χ0) is 13.3. The van der Waals surface area contributed by atoms with Crippen LogP contribution in [0.4, 0.5) is 0 Å². The minimum Gasteiger partial charge on any atom is -0.324 e. The second kappa shape index (κ2) is 5.44. The minimum absolute atomic E-state index is 0.237.